The molecule has 0 aromatic carbocycles. The second-order valence-electron chi connectivity index (χ2n) is 6.27. The quantitative estimate of drug-likeness (QED) is 0.888. The number of hydrogen-bond acceptors (Lipinski definition) is 3. The Bertz CT molecular complexity index is 505. The first kappa shape index (κ1) is 13.7. The Morgan fingerprint density at radius 1 is 1.20 bits per heavy atom. The van der Waals surface area contributed by atoms with E-state index in [0.717, 1.165) is 11.6 Å². The molecule has 1 aliphatic heterocycles. The van der Waals surface area contributed by atoms with E-state index in [1.807, 2.05) is 19.3 Å². The Morgan fingerprint density at radius 2 is 2.05 bits per heavy atom. The Balaban J connectivity index is 1.72. The van der Waals surface area contributed by atoms with Crippen LogP contribution in [0.15, 0.2) is 23.1 Å². The van der Waals surface area contributed by atoms with Crippen LogP contribution >= 0.6 is 0 Å². The molecule has 3 rings (SSSR count). The lowest BCUT2D eigenvalue weighted by Crippen LogP contribution is -2.43. The molecular formula is C16H25N3O. The van der Waals surface area contributed by atoms with Crippen molar-refractivity contribution in [2.45, 2.75) is 50.6 Å². The minimum absolute atomic E-state index is 0.0493. The van der Waals surface area contributed by atoms with Crippen molar-refractivity contribution in [2.75, 3.05) is 11.9 Å². The van der Waals surface area contributed by atoms with Crippen LogP contribution in [-0.2, 0) is 7.05 Å². The van der Waals surface area contributed by atoms with Crippen LogP contribution in [-0.4, -0.2) is 23.2 Å². The van der Waals surface area contributed by atoms with E-state index in [-0.39, 0.29) is 5.56 Å². The summed E-state index contributed by atoms with van der Waals surface area (Å²) in [7, 11) is 1.81. The molecule has 4 heteroatoms. The summed E-state index contributed by atoms with van der Waals surface area (Å²) in [5.41, 5.74) is 1.12. The molecule has 2 fully saturated rings. The minimum atomic E-state index is 0.0493. The van der Waals surface area contributed by atoms with Gasteiger partial charge in [-0.25, -0.2) is 0 Å². The molecule has 2 N–H and O–H groups in total. The number of rotatable bonds is 3. The molecule has 3 unspecified atom stereocenters. The van der Waals surface area contributed by atoms with Gasteiger partial charge in [-0.05, 0) is 44.2 Å². The number of aryl methyl sites for hydroxylation is 1. The van der Waals surface area contributed by atoms with Gasteiger partial charge in [0, 0.05) is 31.4 Å². The number of nitrogens with one attached hydrogen (secondary N) is 2. The third kappa shape index (κ3) is 2.90. The van der Waals surface area contributed by atoms with Crippen molar-refractivity contribution >= 4 is 5.69 Å². The van der Waals surface area contributed by atoms with Crippen LogP contribution in [0.1, 0.15) is 38.5 Å². The summed E-state index contributed by atoms with van der Waals surface area (Å²) >= 11 is 0. The van der Waals surface area contributed by atoms with E-state index in [2.05, 4.69) is 10.6 Å². The standard InChI is InChI=1S/C16H25N3O/c1-19-11-12(8-9-16(19)20)18-15-6-3-2-5-13(15)14-7-4-10-17-14/h8-9,11,13-15,17-18H,2-7,10H2,1H3. The van der Waals surface area contributed by atoms with Crippen LogP contribution in [0.4, 0.5) is 5.69 Å². The van der Waals surface area contributed by atoms with Crippen molar-refractivity contribution < 1.29 is 0 Å². The lowest BCUT2D eigenvalue weighted by molar-refractivity contribution is 0.262. The molecule has 1 aromatic rings. The first-order valence-electron chi connectivity index (χ1n) is 7.90. The molecule has 4 nitrogen and oxygen atoms in total. The number of anilines is 1. The van der Waals surface area contributed by atoms with Crippen LogP contribution in [0.3, 0.4) is 0 Å². The monoisotopic (exact) mass is 275 g/mol. The number of hydrogen-bond donors (Lipinski definition) is 2. The first-order valence-corrected chi connectivity index (χ1v) is 7.90. The average molecular weight is 275 g/mol. The summed E-state index contributed by atoms with van der Waals surface area (Å²) in [6.07, 6.45) is 9.77. The van der Waals surface area contributed by atoms with Gasteiger partial charge in [-0.3, -0.25) is 4.79 Å². The molecule has 20 heavy (non-hydrogen) atoms. The van der Waals surface area contributed by atoms with E-state index < -0.39 is 0 Å². The summed E-state index contributed by atoms with van der Waals surface area (Å²) in [6.45, 7) is 1.17. The van der Waals surface area contributed by atoms with Crippen LogP contribution in [0.2, 0.25) is 0 Å². The highest BCUT2D eigenvalue weighted by atomic mass is 16.1. The summed E-state index contributed by atoms with van der Waals surface area (Å²) in [6, 6.07) is 4.78. The van der Waals surface area contributed by atoms with E-state index >= 15 is 0 Å². The Labute approximate surface area is 120 Å². The van der Waals surface area contributed by atoms with Gasteiger partial charge < -0.3 is 15.2 Å². The SMILES string of the molecule is Cn1cc(NC2CCCCC2C2CCCN2)ccc1=O. The van der Waals surface area contributed by atoms with Gasteiger partial charge in [0.05, 0.1) is 5.69 Å². The van der Waals surface area contributed by atoms with Gasteiger partial charge in [0.15, 0.2) is 0 Å². The van der Waals surface area contributed by atoms with Gasteiger partial charge in [-0.2, -0.15) is 0 Å². The molecule has 0 amide bonds. The molecule has 0 spiro atoms. The fourth-order valence-corrected chi connectivity index (χ4v) is 3.79. The maximum atomic E-state index is 11.5. The molecule has 1 saturated carbocycles. The minimum Gasteiger partial charge on any atom is -0.381 e. The largest absolute Gasteiger partial charge is 0.381 e. The molecule has 0 bridgehead atoms. The summed E-state index contributed by atoms with van der Waals surface area (Å²) in [4.78, 5) is 11.5. The summed E-state index contributed by atoms with van der Waals surface area (Å²) in [5, 5.41) is 7.34. The van der Waals surface area contributed by atoms with Gasteiger partial charge in [0.2, 0.25) is 5.56 Å². The molecule has 3 atom stereocenters. The predicted molar refractivity (Wildman–Crippen MR) is 82.1 cm³/mol. The molecule has 1 saturated heterocycles. The van der Waals surface area contributed by atoms with Gasteiger partial charge in [0.1, 0.15) is 0 Å². The van der Waals surface area contributed by atoms with E-state index in [1.54, 1.807) is 10.6 Å². The van der Waals surface area contributed by atoms with Crippen LogP contribution < -0.4 is 16.2 Å². The van der Waals surface area contributed by atoms with Crippen molar-refractivity contribution in [3.8, 4) is 0 Å². The molecule has 2 heterocycles. The van der Waals surface area contributed by atoms with Crippen molar-refractivity contribution in [3.63, 3.8) is 0 Å². The highest BCUT2D eigenvalue weighted by Gasteiger charge is 2.33. The van der Waals surface area contributed by atoms with Gasteiger partial charge >= 0.3 is 0 Å². The highest BCUT2D eigenvalue weighted by molar-refractivity contribution is 5.41. The molecular weight excluding hydrogens is 250 g/mol. The molecule has 110 valence electrons. The molecule has 1 aromatic heterocycles. The fourth-order valence-electron chi connectivity index (χ4n) is 3.79. The zero-order chi connectivity index (χ0) is 13.9. The fraction of sp³-hybridized carbons (Fsp3) is 0.688. The normalized spacial score (nSPS) is 30.4. The maximum absolute atomic E-state index is 11.5. The molecule has 0 radical (unpaired) electrons. The van der Waals surface area contributed by atoms with Crippen LogP contribution in [0.25, 0.3) is 0 Å². The van der Waals surface area contributed by atoms with Crippen molar-refractivity contribution in [2.24, 2.45) is 13.0 Å². The smallest absolute Gasteiger partial charge is 0.250 e. The van der Waals surface area contributed by atoms with E-state index in [9.17, 15) is 4.79 Å². The topological polar surface area (TPSA) is 46.1 Å². The zero-order valence-corrected chi connectivity index (χ0v) is 12.3. The highest BCUT2D eigenvalue weighted by Crippen LogP contribution is 2.32. The number of nitrogens with zero attached hydrogens (tertiary/aromatic N) is 1. The van der Waals surface area contributed by atoms with E-state index in [4.69, 9.17) is 0 Å². The number of pyridine rings is 1. The second kappa shape index (κ2) is 6.00. The van der Waals surface area contributed by atoms with Crippen LogP contribution in [0.5, 0.6) is 0 Å². The third-order valence-electron chi connectivity index (χ3n) is 4.87. The summed E-state index contributed by atoms with van der Waals surface area (Å²) < 4.78 is 1.65. The lowest BCUT2D eigenvalue weighted by Gasteiger charge is -2.36. The second-order valence-corrected chi connectivity index (χ2v) is 6.27. The Kier molecular flexibility index (Phi) is 4.10. The molecule has 1 aliphatic carbocycles. The Hall–Kier alpha value is -1.29. The Morgan fingerprint density at radius 3 is 2.80 bits per heavy atom. The van der Waals surface area contributed by atoms with Gasteiger partial charge in [-0.1, -0.05) is 12.8 Å². The lowest BCUT2D eigenvalue weighted by atomic mass is 9.79. The van der Waals surface area contributed by atoms with Gasteiger partial charge in [-0.15, -0.1) is 0 Å². The number of aromatic nitrogens is 1. The van der Waals surface area contributed by atoms with E-state index in [1.165, 1.54) is 45.1 Å². The predicted octanol–water partition coefficient (Wildman–Crippen LogP) is 2.11. The first-order chi connectivity index (χ1) is 9.74. The van der Waals surface area contributed by atoms with Crippen molar-refractivity contribution in [1.82, 2.24) is 9.88 Å². The van der Waals surface area contributed by atoms with Crippen LogP contribution in [0, 0.1) is 5.92 Å². The van der Waals surface area contributed by atoms with Gasteiger partial charge in [0.25, 0.3) is 0 Å². The zero-order valence-electron chi connectivity index (χ0n) is 12.3. The van der Waals surface area contributed by atoms with E-state index in [0.29, 0.717) is 12.1 Å². The third-order valence-corrected chi connectivity index (χ3v) is 4.87. The van der Waals surface area contributed by atoms with Crippen molar-refractivity contribution in [3.05, 3.63) is 28.7 Å². The summed E-state index contributed by atoms with van der Waals surface area (Å²) in [5.74, 6) is 0.725. The molecule has 2 aliphatic rings. The van der Waals surface area contributed by atoms with Crippen molar-refractivity contribution in [1.29, 1.82) is 0 Å². The average Bonchev–Trinajstić information content (AvgIpc) is 2.97. The maximum Gasteiger partial charge on any atom is 0.250 e.